The van der Waals surface area contributed by atoms with Crippen molar-refractivity contribution in [3.63, 3.8) is 0 Å². The molecule has 28 heavy (non-hydrogen) atoms. The molecule has 0 bridgehead atoms. The summed E-state index contributed by atoms with van der Waals surface area (Å²) in [5, 5.41) is 2.92. The van der Waals surface area contributed by atoms with E-state index in [4.69, 9.17) is 9.47 Å². The molecular weight excluding hydrogens is 363 g/mol. The number of carbonyl (C=O) groups is 2. The van der Waals surface area contributed by atoms with Gasteiger partial charge in [-0.1, -0.05) is 12.1 Å². The summed E-state index contributed by atoms with van der Waals surface area (Å²) >= 11 is 0. The van der Waals surface area contributed by atoms with Gasteiger partial charge in [-0.05, 0) is 36.8 Å². The minimum atomic E-state index is -0.441. The molecule has 2 atom stereocenters. The van der Waals surface area contributed by atoms with Gasteiger partial charge < -0.3 is 19.7 Å². The number of hydrogen-bond donors (Lipinski definition) is 1. The molecule has 0 aromatic heterocycles. The summed E-state index contributed by atoms with van der Waals surface area (Å²) in [5.41, 5.74) is 1.50. The standard InChI is InChI=1S/C21H21FN2O4/c1-13(14-2-4-16(22)5-3-14)23-21(26)15-10-20(25)24(12-15)17-6-7-18-19(11-17)28-9-8-27-18/h2-7,11,13,15H,8-10,12H2,1H3,(H,23,26). The van der Waals surface area contributed by atoms with Gasteiger partial charge in [-0.2, -0.15) is 0 Å². The Morgan fingerprint density at radius 3 is 2.61 bits per heavy atom. The van der Waals surface area contributed by atoms with E-state index in [-0.39, 0.29) is 30.1 Å². The van der Waals surface area contributed by atoms with Crippen LogP contribution in [0, 0.1) is 11.7 Å². The lowest BCUT2D eigenvalue weighted by molar-refractivity contribution is -0.126. The minimum Gasteiger partial charge on any atom is -0.486 e. The van der Waals surface area contributed by atoms with Crippen LogP contribution < -0.4 is 19.7 Å². The van der Waals surface area contributed by atoms with E-state index in [1.54, 1.807) is 35.2 Å². The van der Waals surface area contributed by atoms with Crippen LogP contribution in [-0.4, -0.2) is 31.6 Å². The number of hydrogen-bond acceptors (Lipinski definition) is 4. The van der Waals surface area contributed by atoms with Gasteiger partial charge in [0, 0.05) is 24.7 Å². The highest BCUT2D eigenvalue weighted by Crippen LogP contribution is 2.36. The van der Waals surface area contributed by atoms with Crippen LogP contribution in [0.3, 0.4) is 0 Å². The fourth-order valence-electron chi connectivity index (χ4n) is 3.50. The predicted octanol–water partition coefficient (Wildman–Crippen LogP) is 2.83. The number of ether oxygens (including phenoxy) is 2. The first-order valence-corrected chi connectivity index (χ1v) is 9.27. The van der Waals surface area contributed by atoms with Crippen molar-refractivity contribution in [1.29, 1.82) is 0 Å². The van der Waals surface area contributed by atoms with E-state index in [0.717, 1.165) is 5.56 Å². The number of nitrogens with zero attached hydrogens (tertiary/aromatic N) is 1. The molecule has 7 heteroatoms. The molecule has 146 valence electrons. The SMILES string of the molecule is CC(NC(=O)C1CC(=O)N(c2ccc3c(c2)OCCO3)C1)c1ccc(F)cc1. The molecule has 0 radical (unpaired) electrons. The van der Waals surface area contributed by atoms with Crippen LogP contribution >= 0.6 is 0 Å². The summed E-state index contributed by atoms with van der Waals surface area (Å²) in [4.78, 5) is 26.7. The molecule has 2 unspecified atom stereocenters. The van der Waals surface area contributed by atoms with Crippen LogP contribution in [0.5, 0.6) is 11.5 Å². The van der Waals surface area contributed by atoms with Gasteiger partial charge in [-0.25, -0.2) is 4.39 Å². The van der Waals surface area contributed by atoms with E-state index in [9.17, 15) is 14.0 Å². The van der Waals surface area contributed by atoms with E-state index in [2.05, 4.69) is 5.32 Å². The lowest BCUT2D eigenvalue weighted by Gasteiger charge is -2.22. The molecule has 1 fully saturated rings. The molecule has 0 aliphatic carbocycles. The largest absolute Gasteiger partial charge is 0.486 e. The Bertz CT molecular complexity index is 900. The highest BCUT2D eigenvalue weighted by atomic mass is 19.1. The lowest BCUT2D eigenvalue weighted by atomic mass is 10.0. The normalized spacial score (nSPS) is 19.4. The van der Waals surface area contributed by atoms with Crippen molar-refractivity contribution in [2.75, 3.05) is 24.7 Å². The van der Waals surface area contributed by atoms with Crippen LogP contribution in [0.1, 0.15) is 24.9 Å². The van der Waals surface area contributed by atoms with Crippen LogP contribution in [0.2, 0.25) is 0 Å². The zero-order valence-electron chi connectivity index (χ0n) is 15.5. The summed E-state index contributed by atoms with van der Waals surface area (Å²) in [6, 6.07) is 11.1. The van der Waals surface area contributed by atoms with Crippen molar-refractivity contribution in [2.45, 2.75) is 19.4 Å². The van der Waals surface area contributed by atoms with Gasteiger partial charge in [0.1, 0.15) is 19.0 Å². The maximum absolute atomic E-state index is 13.1. The van der Waals surface area contributed by atoms with Crippen LogP contribution in [0.4, 0.5) is 10.1 Å². The summed E-state index contributed by atoms with van der Waals surface area (Å²) in [5.74, 6) is 0.206. The summed E-state index contributed by atoms with van der Waals surface area (Å²) in [7, 11) is 0. The third-order valence-corrected chi connectivity index (χ3v) is 5.06. The lowest BCUT2D eigenvalue weighted by Crippen LogP contribution is -2.34. The van der Waals surface area contributed by atoms with Crippen molar-refractivity contribution in [2.24, 2.45) is 5.92 Å². The first-order chi connectivity index (χ1) is 13.5. The van der Waals surface area contributed by atoms with Gasteiger partial charge in [0.05, 0.1) is 12.0 Å². The Morgan fingerprint density at radius 1 is 1.14 bits per heavy atom. The number of anilines is 1. The Kier molecular flexibility index (Phi) is 4.90. The maximum Gasteiger partial charge on any atom is 0.227 e. The van der Waals surface area contributed by atoms with Crippen molar-refractivity contribution < 1.29 is 23.5 Å². The Labute approximate surface area is 162 Å². The van der Waals surface area contributed by atoms with E-state index in [1.165, 1.54) is 12.1 Å². The molecule has 1 saturated heterocycles. The second-order valence-corrected chi connectivity index (χ2v) is 7.02. The smallest absolute Gasteiger partial charge is 0.227 e. The summed E-state index contributed by atoms with van der Waals surface area (Å²) in [6.07, 6.45) is 0.149. The molecule has 2 aromatic carbocycles. The molecule has 2 aliphatic rings. The fourth-order valence-corrected chi connectivity index (χ4v) is 3.50. The van der Waals surface area contributed by atoms with Crippen LogP contribution in [-0.2, 0) is 9.59 Å². The average Bonchev–Trinajstić information content (AvgIpc) is 3.10. The molecule has 1 N–H and O–H groups in total. The van der Waals surface area contributed by atoms with Gasteiger partial charge in [0.25, 0.3) is 0 Å². The predicted molar refractivity (Wildman–Crippen MR) is 101 cm³/mol. The van der Waals surface area contributed by atoms with Crippen molar-refractivity contribution in [3.05, 3.63) is 53.8 Å². The van der Waals surface area contributed by atoms with Gasteiger partial charge >= 0.3 is 0 Å². The van der Waals surface area contributed by atoms with Gasteiger partial charge in [0.2, 0.25) is 11.8 Å². The maximum atomic E-state index is 13.1. The number of rotatable bonds is 4. The molecular formula is C21H21FN2O4. The topological polar surface area (TPSA) is 67.9 Å². The fraction of sp³-hybridized carbons (Fsp3) is 0.333. The number of amides is 2. The van der Waals surface area contributed by atoms with Crippen LogP contribution in [0.15, 0.2) is 42.5 Å². The van der Waals surface area contributed by atoms with Gasteiger partial charge in [0.15, 0.2) is 11.5 Å². The number of benzene rings is 2. The molecule has 2 aromatic rings. The highest BCUT2D eigenvalue weighted by molar-refractivity contribution is 6.00. The quantitative estimate of drug-likeness (QED) is 0.880. The molecule has 6 nitrogen and oxygen atoms in total. The molecule has 2 heterocycles. The molecule has 2 aliphatic heterocycles. The Balaban J connectivity index is 1.42. The van der Waals surface area contributed by atoms with Gasteiger partial charge in [-0.3, -0.25) is 9.59 Å². The highest BCUT2D eigenvalue weighted by Gasteiger charge is 2.36. The second kappa shape index (κ2) is 7.50. The monoisotopic (exact) mass is 384 g/mol. The summed E-state index contributed by atoms with van der Waals surface area (Å²) in [6.45, 7) is 3.11. The number of nitrogens with one attached hydrogen (secondary N) is 1. The van der Waals surface area contributed by atoms with E-state index < -0.39 is 5.92 Å². The van der Waals surface area contributed by atoms with E-state index in [1.807, 2.05) is 6.92 Å². The zero-order valence-corrected chi connectivity index (χ0v) is 15.5. The first kappa shape index (κ1) is 18.3. The average molecular weight is 384 g/mol. The van der Waals surface area contributed by atoms with E-state index >= 15 is 0 Å². The summed E-state index contributed by atoms with van der Waals surface area (Å²) < 4.78 is 24.1. The Morgan fingerprint density at radius 2 is 1.86 bits per heavy atom. The molecule has 2 amide bonds. The molecule has 0 spiro atoms. The number of fused-ring (bicyclic) bond motifs is 1. The second-order valence-electron chi connectivity index (χ2n) is 7.02. The Hall–Kier alpha value is -3.09. The zero-order chi connectivity index (χ0) is 19.7. The van der Waals surface area contributed by atoms with Crippen LogP contribution in [0.25, 0.3) is 0 Å². The third kappa shape index (κ3) is 3.65. The van der Waals surface area contributed by atoms with Crippen molar-refractivity contribution in [1.82, 2.24) is 5.32 Å². The minimum absolute atomic E-state index is 0.105. The van der Waals surface area contributed by atoms with E-state index in [0.29, 0.717) is 36.9 Å². The first-order valence-electron chi connectivity index (χ1n) is 9.27. The molecule has 4 rings (SSSR count). The third-order valence-electron chi connectivity index (χ3n) is 5.06. The van der Waals surface area contributed by atoms with Crippen molar-refractivity contribution >= 4 is 17.5 Å². The number of carbonyl (C=O) groups excluding carboxylic acids is 2. The van der Waals surface area contributed by atoms with Crippen molar-refractivity contribution in [3.8, 4) is 11.5 Å². The number of halogens is 1. The van der Waals surface area contributed by atoms with Gasteiger partial charge in [-0.15, -0.1) is 0 Å². The molecule has 0 saturated carbocycles.